The number of hydrogen-bond donors (Lipinski definition) is 2. The molecule has 2 N–H and O–H groups in total. The minimum absolute atomic E-state index is 0.321. The molecule has 2 atom stereocenters. The van der Waals surface area contributed by atoms with Gasteiger partial charge >= 0.3 is 0 Å². The summed E-state index contributed by atoms with van der Waals surface area (Å²) in [6.45, 7) is 4.31. The first-order valence-electron chi connectivity index (χ1n) is 27.5. The van der Waals surface area contributed by atoms with Gasteiger partial charge in [-0.3, -0.25) is 0 Å². The van der Waals surface area contributed by atoms with Gasteiger partial charge in [0, 0.05) is 39.8 Å². The zero-order chi connectivity index (χ0) is 49.4. The van der Waals surface area contributed by atoms with E-state index in [4.69, 9.17) is 9.47 Å². The topological polar surface area (TPSA) is 58.9 Å². The van der Waals surface area contributed by atoms with E-state index in [2.05, 4.69) is 111 Å². The van der Waals surface area contributed by atoms with Crippen LogP contribution < -0.4 is 9.47 Å². The monoisotopic (exact) mass is 961 g/mol. The van der Waals surface area contributed by atoms with Gasteiger partial charge in [-0.2, -0.15) is 0 Å². The zero-order valence-electron chi connectivity index (χ0n) is 42.7. The Kier molecular flexibility index (Phi) is 13.2. The Bertz CT molecular complexity index is 3040. The zero-order valence-corrected chi connectivity index (χ0v) is 42.7. The second-order valence-electron chi connectivity index (χ2n) is 21.6. The SMILES string of the molecule is Cc1cc(-c2ccccc2OC(C[C@H](Oc2ccccc2-c2cc(C)cc(-c3c4c(cc5c3CCCC5)CCCC4)c2O)c2ccccc2)c2ccccc2)c(O)c(-c2c3c(cc4c2CCCC4)CCCC3)c1. The average Bonchev–Trinajstić information content (AvgIpc) is 3.43. The predicted molar refractivity (Wildman–Crippen MR) is 298 cm³/mol. The van der Waals surface area contributed by atoms with E-state index in [9.17, 15) is 10.2 Å². The molecule has 73 heavy (non-hydrogen) atoms. The lowest BCUT2D eigenvalue weighted by molar-refractivity contribution is 0.111. The first-order chi connectivity index (χ1) is 35.9. The van der Waals surface area contributed by atoms with E-state index in [1.54, 1.807) is 0 Å². The van der Waals surface area contributed by atoms with E-state index in [1.807, 2.05) is 48.5 Å². The van der Waals surface area contributed by atoms with E-state index >= 15 is 0 Å². The van der Waals surface area contributed by atoms with Crippen LogP contribution >= 0.6 is 0 Å². The van der Waals surface area contributed by atoms with Crippen molar-refractivity contribution in [1.29, 1.82) is 0 Å². The molecule has 0 aromatic heterocycles. The maximum absolute atomic E-state index is 12.7. The Hall–Kier alpha value is -7.04. The molecule has 8 aromatic carbocycles. The Morgan fingerprint density at radius 3 is 1.04 bits per heavy atom. The van der Waals surface area contributed by atoms with Crippen molar-refractivity contribution in [3.8, 4) is 67.5 Å². The summed E-state index contributed by atoms with van der Waals surface area (Å²) in [4.78, 5) is 0. The second kappa shape index (κ2) is 20.5. The van der Waals surface area contributed by atoms with Crippen LogP contribution in [0.1, 0.15) is 137 Å². The highest BCUT2D eigenvalue weighted by Gasteiger charge is 2.31. The summed E-state index contributed by atoms with van der Waals surface area (Å²) in [7, 11) is 0. The van der Waals surface area contributed by atoms with E-state index in [0.29, 0.717) is 29.4 Å². The van der Waals surface area contributed by atoms with Crippen LogP contribution in [0.25, 0.3) is 44.5 Å². The maximum atomic E-state index is 12.7. The third kappa shape index (κ3) is 9.24. The van der Waals surface area contributed by atoms with Crippen molar-refractivity contribution in [3.63, 3.8) is 0 Å². The molecule has 0 aliphatic heterocycles. The number of phenolic OH excluding ortho intramolecular Hbond substituents is 2. The molecule has 0 bridgehead atoms. The smallest absolute Gasteiger partial charge is 0.131 e. The number of phenols is 2. The summed E-state index contributed by atoms with van der Waals surface area (Å²) in [6.07, 6.45) is 17.9. The molecule has 0 fully saturated rings. The molecule has 368 valence electrons. The lowest BCUT2D eigenvalue weighted by Gasteiger charge is -2.29. The van der Waals surface area contributed by atoms with Crippen molar-refractivity contribution in [2.75, 3.05) is 0 Å². The number of hydrogen-bond acceptors (Lipinski definition) is 4. The van der Waals surface area contributed by atoms with Crippen LogP contribution in [0, 0.1) is 13.8 Å². The highest BCUT2D eigenvalue weighted by atomic mass is 16.5. The van der Waals surface area contributed by atoms with E-state index in [1.165, 1.54) is 107 Å². The molecule has 4 nitrogen and oxygen atoms in total. The molecule has 4 aliphatic carbocycles. The van der Waals surface area contributed by atoms with Crippen molar-refractivity contribution in [2.24, 2.45) is 0 Å². The normalized spacial score (nSPS) is 15.8. The van der Waals surface area contributed by atoms with Crippen molar-refractivity contribution in [1.82, 2.24) is 0 Å². The van der Waals surface area contributed by atoms with Gasteiger partial charge in [0.2, 0.25) is 0 Å². The Morgan fingerprint density at radius 2 is 0.671 bits per heavy atom. The van der Waals surface area contributed by atoms with Crippen LogP contribution in [0.2, 0.25) is 0 Å². The summed E-state index contributed by atoms with van der Waals surface area (Å²) < 4.78 is 14.7. The summed E-state index contributed by atoms with van der Waals surface area (Å²) in [5.41, 5.74) is 23.7. The van der Waals surface area contributed by atoms with Crippen molar-refractivity contribution in [2.45, 2.75) is 135 Å². The Labute approximate surface area is 432 Å². The van der Waals surface area contributed by atoms with Gasteiger partial charge in [0.15, 0.2) is 0 Å². The van der Waals surface area contributed by atoms with Crippen LogP contribution in [0.4, 0.5) is 0 Å². The van der Waals surface area contributed by atoms with Crippen molar-refractivity contribution >= 4 is 0 Å². The van der Waals surface area contributed by atoms with Gasteiger partial charge in [0.25, 0.3) is 0 Å². The number of para-hydroxylation sites is 2. The highest BCUT2D eigenvalue weighted by Crippen LogP contribution is 2.51. The number of fused-ring (bicyclic) bond motifs is 4. The second-order valence-corrected chi connectivity index (χ2v) is 21.6. The molecule has 1 unspecified atom stereocenters. The van der Waals surface area contributed by atoms with Crippen LogP contribution in [-0.2, 0) is 51.4 Å². The number of ether oxygens (including phenoxy) is 2. The third-order valence-corrected chi connectivity index (χ3v) is 16.7. The molecule has 0 radical (unpaired) electrons. The summed E-state index contributed by atoms with van der Waals surface area (Å²) in [6, 6.07) is 51.1. The molecular formula is C69H68O4. The van der Waals surface area contributed by atoms with Gasteiger partial charge < -0.3 is 19.7 Å². The van der Waals surface area contributed by atoms with Crippen molar-refractivity contribution < 1.29 is 19.7 Å². The first kappa shape index (κ1) is 47.0. The van der Waals surface area contributed by atoms with E-state index in [0.717, 1.165) is 107 Å². The standard InChI is InChI=1S/C69H68O4/c1-44-37-58(68(70)60(39-44)66-52-29-13-9-25-48(52)41-49-26-10-14-30-53(49)66)56-33-17-19-35-62(56)72-64(46-21-5-3-6-22-46)43-65(47-23-7-4-8-24-47)73-63-36-20-18-34-57(63)59-38-45(2)40-61(69(59)71)67-54-31-15-11-27-50(54)42-51-28-12-16-32-55(51)67/h3-8,17-24,33-42,64-65,70-71H,9-16,25-32,43H2,1-2H3/t64-,65?/m0/s1. The van der Waals surface area contributed by atoms with Gasteiger partial charge in [-0.05, 0) is 231 Å². The lowest BCUT2D eigenvalue weighted by atomic mass is 9.76. The molecule has 4 heteroatoms. The molecular weight excluding hydrogens is 893 g/mol. The fourth-order valence-corrected chi connectivity index (χ4v) is 13.2. The quantitative estimate of drug-likeness (QED) is 0.128. The molecule has 8 aromatic rings. The first-order valence-corrected chi connectivity index (χ1v) is 27.5. The molecule has 0 spiro atoms. The Morgan fingerprint density at radius 1 is 0.356 bits per heavy atom. The van der Waals surface area contributed by atoms with E-state index in [-0.39, 0.29) is 0 Å². The third-order valence-electron chi connectivity index (χ3n) is 16.7. The van der Waals surface area contributed by atoms with Gasteiger partial charge in [-0.25, -0.2) is 0 Å². The van der Waals surface area contributed by atoms with Crippen LogP contribution in [-0.4, -0.2) is 10.2 Å². The lowest BCUT2D eigenvalue weighted by Crippen LogP contribution is -2.17. The summed E-state index contributed by atoms with van der Waals surface area (Å²) >= 11 is 0. The van der Waals surface area contributed by atoms with Gasteiger partial charge in [-0.15, -0.1) is 0 Å². The van der Waals surface area contributed by atoms with Crippen molar-refractivity contribution in [3.05, 3.63) is 212 Å². The van der Waals surface area contributed by atoms with Crippen LogP contribution in [0.3, 0.4) is 0 Å². The minimum atomic E-state index is -0.436. The number of aromatic hydroxyl groups is 2. The number of benzene rings is 8. The molecule has 4 aliphatic rings. The van der Waals surface area contributed by atoms with Gasteiger partial charge in [0.05, 0.1) is 0 Å². The van der Waals surface area contributed by atoms with Crippen LogP contribution in [0.5, 0.6) is 23.0 Å². The predicted octanol–water partition coefficient (Wildman–Crippen LogP) is 17.2. The number of aryl methyl sites for hydroxylation is 6. The highest BCUT2D eigenvalue weighted by molar-refractivity contribution is 5.90. The molecule has 0 saturated carbocycles. The van der Waals surface area contributed by atoms with Gasteiger partial charge in [-0.1, -0.05) is 109 Å². The average molecular weight is 961 g/mol. The summed E-state index contributed by atoms with van der Waals surface area (Å²) in [5, 5.41) is 25.4. The van der Waals surface area contributed by atoms with E-state index < -0.39 is 12.2 Å². The summed E-state index contributed by atoms with van der Waals surface area (Å²) in [5.74, 6) is 2.05. The number of rotatable bonds is 12. The largest absolute Gasteiger partial charge is 0.507 e. The molecule has 12 rings (SSSR count). The molecule has 0 heterocycles. The van der Waals surface area contributed by atoms with Crippen LogP contribution in [0.15, 0.2) is 146 Å². The maximum Gasteiger partial charge on any atom is 0.131 e. The Balaban J connectivity index is 0.928. The van der Waals surface area contributed by atoms with Gasteiger partial charge in [0.1, 0.15) is 35.2 Å². The molecule has 0 saturated heterocycles. The fourth-order valence-electron chi connectivity index (χ4n) is 13.2. The molecule has 0 amide bonds. The fraction of sp³-hybridized carbons (Fsp3) is 0.304. The minimum Gasteiger partial charge on any atom is -0.507 e.